The van der Waals surface area contributed by atoms with Gasteiger partial charge >= 0.3 is 0 Å². The van der Waals surface area contributed by atoms with Crippen LogP contribution in [0.2, 0.25) is 0 Å². The van der Waals surface area contributed by atoms with E-state index < -0.39 is 0 Å². The lowest BCUT2D eigenvalue weighted by molar-refractivity contribution is 0.446. The van der Waals surface area contributed by atoms with Crippen LogP contribution in [0.1, 0.15) is 35.3 Å². The lowest BCUT2D eigenvalue weighted by Crippen LogP contribution is -2.25. The monoisotopic (exact) mass is 257 g/mol. The highest BCUT2D eigenvalue weighted by molar-refractivity contribution is 5.30. The maximum Gasteiger partial charge on any atom is 0.0604 e. The van der Waals surface area contributed by atoms with E-state index in [9.17, 15) is 0 Å². The second-order valence-corrected chi connectivity index (χ2v) is 5.21. The van der Waals surface area contributed by atoms with E-state index in [2.05, 4.69) is 49.4 Å². The van der Waals surface area contributed by atoms with Gasteiger partial charge in [-0.05, 0) is 38.9 Å². The highest BCUT2D eigenvalue weighted by Crippen LogP contribution is 2.18. The fourth-order valence-electron chi connectivity index (χ4n) is 2.50. The molecular weight excluding hydrogens is 234 g/mol. The molecule has 1 unspecified atom stereocenters. The van der Waals surface area contributed by atoms with E-state index in [4.69, 9.17) is 0 Å². The lowest BCUT2D eigenvalue weighted by atomic mass is 10.0. The summed E-state index contributed by atoms with van der Waals surface area (Å²) in [5.74, 6) is 0. The largest absolute Gasteiger partial charge is 0.309 e. The molecule has 2 aromatic rings. The SMILES string of the molecule is CCNC(Cn1ccc(C)n1)c1cc(C)cc(C)c1. The molecule has 1 aromatic heterocycles. The van der Waals surface area contributed by atoms with Crippen molar-refractivity contribution in [3.63, 3.8) is 0 Å². The molecule has 1 heterocycles. The predicted molar refractivity (Wildman–Crippen MR) is 79.3 cm³/mol. The van der Waals surface area contributed by atoms with E-state index in [1.54, 1.807) is 0 Å². The van der Waals surface area contributed by atoms with Crippen LogP contribution in [0.15, 0.2) is 30.5 Å². The molecule has 1 N–H and O–H groups in total. The predicted octanol–water partition coefficient (Wildman–Crippen LogP) is 3.16. The normalized spacial score (nSPS) is 12.6. The number of nitrogens with one attached hydrogen (secondary N) is 1. The number of rotatable bonds is 5. The molecule has 1 aromatic carbocycles. The van der Waals surface area contributed by atoms with E-state index in [1.807, 2.05) is 23.9 Å². The average Bonchev–Trinajstić information content (AvgIpc) is 2.73. The molecule has 0 spiro atoms. The van der Waals surface area contributed by atoms with Crippen LogP contribution >= 0.6 is 0 Å². The third kappa shape index (κ3) is 3.67. The van der Waals surface area contributed by atoms with Crippen LogP contribution < -0.4 is 5.32 Å². The Kier molecular flexibility index (Phi) is 4.38. The van der Waals surface area contributed by atoms with E-state index in [-0.39, 0.29) is 0 Å². The van der Waals surface area contributed by atoms with Crippen LogP contribution in [-0.4, -0.2) is 16.3 Å². The van der Waals surface area contributed by atoms with Crippen molar-refractivity contribution in [2.24, 2.45) is 0 Å². The van der Waals surface area contributed by atoms with Gasteiger partial charge in [-0.1, -0.05) is 36.2 Å². The smallest absolute Gasteiger partial charge is 0.0604 e. The van der Waals surface area contributed by atoms with Gasteiger partial charge in [0.05, 0.1) is 18.3 Å². The maximum atomic E-state index is 4.48. The van der Waals surface area contributed by atoms with Crippen molar-refractivity contribution in [1.82, 2.24) is 15.1 Å². The van der Waals surface area contributed by atoms with Crippen LogP contribution in [0.4, 0.5) is 0 Å². The van der Waals surface area contributed by atoms with Gasteiger partial charge in [-0.25, -0.2) is 0 Å². The summed E-state index contributed by atoms with van der Waals surface area (Å²) in [6, 6.07) is 9.09. The number of aromatic nitrogens is 2. The van der Waals surface area contributed by atoms with Crippen LogP contribution in [-0.2, 0) is 6.54 Å². The summed E-state index contributed by atoms with van der Waals surface area (Å²) in [4.78, 5) is 0. The average molecular weight is 257 g/mol. The molecule has 0 saturated heterocycles. The maximum absolute atomic E-state index is 4.48. The lowest BCUT2D eigenvalue weighted by Gasteiger charge is -2.19. The zero-order valence-corrected chi connectivity index (χ0v) is 12.3. The van der Waals surface area contributed by atoms with Crippen LogP contribution in [0.3, 0.4) is 0 Å². The summed E-state index contributed by atoms with van der Waals surface area (Å²) in [6.45, 7) is 10.3. The molecule has 0 amide bonds. The Labute approximate surface area is 115 Å². The molecule has 19 heavy (non-hydrogen) atoms. The number of hydrogen-bond acceptors (Lipinski definition) is 2. The van der Waals surface area contributed by atoms with Crippen molar-refractivity contribution in [3.05, 3.63) is 52.8 Å². The topological polar surface area (TPSA) is 29.9 Å². The number of hydrogen-bond donors (Lipinski definition) is 1. The minimum Gasteiger partial charge on any atom is -0.309 e. The van der Waals surface area contributed by atoms with Gasteiger partial charge in [0, 0.05) is 6.20 Å². The number of aryl methyl sites for hydroxylation is 3. The molecular formula is C16H23N3. The first kappa shape index (κ1) is 13.8. The quantitative estimate of drug-likeness (QED) is 0.891. The molecule has 1 atom stereocenters. The van der Waals surface area contributed by atoms with Crippen LogP contribution in [0.5, 0.6) is 0 Å². The zero-order valence-electron chi connectivity index (χ0n) is 12.3. The summed E-state index contributed by atoms with van der Waals surface area (Å²) in [5, 5.41) is 8.03. The summed E-state index contributed by atoms with van der Waals surface area (Å²) in [6.07, 6.45) is 2.04. The van der Waals surface area contributed by atoms with Gasteiger partial charge < -0.3 is 5.32 Å². The van der Waals surface area contributed by atoms with E-state index in [1.165, 1.54) is 16.7 Å². The fourth-order valence-corrected chi connectivity index (χ4v) is 2.50. The number of likely N-dealkylation sites (N-methyl/N-ethyl adjacent to an activating group) is 1. The van der Waals surface area contributed by atoms with Crippen LogP contribution in [0, 0.1) is 20.8 Å². The summed E-state index contributed by atoms with van der Waals surface area (Å²) in [7, 11) is 0. The van der Waals surface area contributed by atoms with E-state index >= 15 is 0 Å². The van der Waals surface area contributed by atoms with E-state index in [0.29, 0.717) is 6.04 Å². The molecule has 3 heteroatoms. The Balaban J connectivity index is 2.23. The first-order chi connectivity index (χ1) is 9.08. The van der Waals surface area contributed by atoms with Crippen molar-refractivity contribution in [2.45, 2.75) is 40.3 Å². The minimum atomic E-state index is 0.308. The second kappa shape index (κ2) is 6.02. The molecule has 0 aliphatic rings. The zero-order chi connectivity index (χ0) is 13.8. The molecule has 102 valence electrons. The summed E-state index contributed by atoms with van der Waals surface area (Å²) >= 11 is 0. The molecule has 3 nitrogen and oxygen atoms in total. The van der Waals surface area contributed by atoms with Gasteiger partial charge in [0.15, 0.2) is 0 Å². The van der Waals surface area contributed by atoms with Gasteiger partial charge in [0.2, 0.25) is 0 Å². The summed E-state index contributed by atoms with van der Waals surface area (Å²) < 4.78 is 2.01. The summed E-state index contributed by atoms with van der Waals surface area (Å²) in [5.41, 5.74) is 5.03. The first-order valence-corrected chi connectivity index (χ1v) is 6.90. The van der Waals surface area contributed by atoms with Crippen molar-refractivity contribution in [1.29, 1.82) is 0 Å². The standard InChI is InChI=1S/C16H23N3/c1-5-17-16(11-19-7-6-14(4)18-19)15-9-12(2)8-13(3)10-15/h6-10,16-17H,5,11H2,1-4H3. The highest BCUT2D eigenvalue weighted by atomic mass is 15.3. The Morgan fingerprint density at radius 1 is 1.16 bits per heavy atom. The van der Waals surface area contributed by atoms with Crippen molar-refractivity contribution >= 4 is 0 Å². The number of nitrogens with zero attached hydrogens (tertiary/aromatic N) is 2. The molecule has 0 radical (unpaired) electrons. The Bertz CT molecular complexity index is 522. The van der Waals surface area contributed by atoms with Gasteiger partial charge in [0.25, 0.3) is 0 Å². The van der Waals surface area contributed by atoms with Gasteiger partial charge in [0.1, 0.15) is 0 Å². The molecule has 0 aliphatic carbocycles. The van der Waals surface area contributed by atoms with Gasteiger partial charge in [-0.2, -0.15) is 5.10 Å². The van der Waals surface area contributed by atoms with Crippen molar-refractivity contribution < 1.29 is 0 Å². The van der Waals surface area contributed by atoms with Crippen LogP contribution in [0.25, 0.3) is 0 Å². The third-order valence-corrected chi connectivity index (χ3v) is 3.24. The molecule has 2 rings (SSSR count). The highest BCUT2D eigenvalue weighted by Gasteiger charge is 2.12. The van der Waals surface area contributed by atoms with Crippen molar-refractivity contribution in [3.8, 4) is 0 Å². The molecule has 0 aliphatic heterocycles. The first-order valence-electron chi connectivity index (χ1n) is 6.90. The second-order valence-electron chi connectivity index (χ2n) is 5.21. The van der Waals surface area contributed by atoms with Crippen molar-refractivity contribution in [2.75, 3.05) is 6.54 Å². The molecule has 0 saturated carbocycles. The minimum absolute atomic E-state index is 0.308. The van der Waals surface area contributed by atoms with Gasteiger partial charge in [-0.15, -0.1) is 0 Å². The Morgan fingerprint density at radius 2 is 1.84 bits per heavy atom. The molecule has 0 bridgehead atoms. The van der Waals surface area contributed by atoms with E-state index in [0.717, 1.165) is 18.8 Å². The van der Waals surface area contributed by atoms with Gasteiger partial charge in [-0.3, -0.25) is 4.68 Å². The molecule has 0 fully saturated rings. The fraction of sp³-hybridized carbons (Fsp3) is 0.438. The Hall–Kier alpha value is -1.61. The number of benzene rings is 1. The third-order valence-electron chi connectivity index (χ3n) is 3.24. The Morgan fingerprint density at radius 3 is 2.37 bits per heavy atom.